The fraction of sp³-hybridized carbons (Fsp3) is 0.0909. The number of fused-ring (bicyclic) bond motifs is 2. The van der Waals surface area contributed by atoms with Gasteiger partial charge in [-0.3, -0.25) is 9.59 Å². The first-order valence-electron chi connectivity index (χ1n) is 8.64. The largest absolute Gasteiger partial charge is 0.361 e. The van der Waals surface area contributed by atoms with Crippen LogP contribution in [-0.2, 0) is 9.59 Å². The quantitative estimate of drug-likeness (QED) is 0.551. The van der Waals surface area contributed by atoms with Crippen molar-refractivity contribution in [3.63, 3.8) is 0 Å². The smallest absolute Gasteiger partial charge is 0.241 e. The second-order valence-corrected chi connectivity index (χ2v) is 6.65. The van der Waals surface area contributed by atoms with Gasteiger partial charge in [-0.1, -0.05) is 48.5 Å². The van der Waals surface area contributed by atoms with Gasteiger partial charge in [0.2, 0.25) is 11.8 Å². The van der Waals surface area contributed by atoms with Crippen molar-refractivity contribution >= 4 is 39.2 Å². The van der Waals surface area contributed by atoms with Gasteiger partial charge in [0.1, 0.15) is 0 Å². The molecule has 4 nitrogen and oxygen atoms in total. The first-order valence-corrected chi connectivity index (χ1v) is 8.64. The van der Waals surface area contributed by atoms with Crippen LogP contribution in [0.3, 0.4) is 0 Å². The summed E-state index contributed by atoms with van der Waals surface area (Å²) in [5, 5.41) is 3.10. The van der Waals surface area contributed by atoms with Gasteiger partial charge >= 0.3 is 0 Å². The molecule has 4 aromatic rings. The molecule has 1 aliphatic rings. The molecule has 1 atom stereocenters. The number of imide groups is 1. The Labute approximate surface area is 150 Å². The normalized spacial score (nSPS) is 17.5. The highest BCUT2D eigenvalue weighted by atomic mass is 16.2. The molecule has 0 spiro atoms. The maximum Gasteiger partial charge on any atom is 0.241 e. The lowest BCUT2D eigenvalue weighted by Crippen LogP contribution is -2.29. The van der Waals surface area contributed by atoms with Gasteiger partial charge in [0.05, 0.1) is 11.6 Å². The van der Waals surface area contributed by atoms with Crippen LogP contribution in [0.5, 0.6) is 0 Å². The van der Waals surface area contributed by atoms with Gasteiger partial charge in [0.15, 0.2) is 0 Å². The first kappa shape index (κ1) is 14.9. The van der Waals surface area contributed by atoms with Crippen molar-refractivity contribution in [2.24, 2.45) is 0 Å². The van der Waals surface area contributed by atoms with E-state index in [0.717, 1.165) is 27.2 Å². The Morgan fingerprint density at radius 3 is 2.54 bits per heavy atom. The molecule has 0 radical (unpaired) electrons. The molecule has 1 aromatic heterocycles. The monoisotopic (exact) mass is 340 g/mol. The highest BCUT2D eigenvalue weighted by Crippen LogP contribution is 2.37. The van der Waals surface area contributed by atoms with E-state index >= 15 is 0 Å². The minimum Gasteiger partial charge on any atom is -0.361 e. The number of H-pyrrole nitrogens is 1. The second-order valence-electron chi connectivity index (χ2n) is 6.65. The van der Waals surface area contributed by atoms with Crippen molar-refractivity contribution in [2.75, 3.05) is 4.90 Å². The number of aromatic nitrogens is 1. The maximum absolute atomic E-state index is 13.1. The molecule has 0 bridgehead atoms. The van der Waals surface area contributed by atoms with E-state index in [4.69, 9.17) is 0 Å². The predicted molar refractivity (Wildman–Crippen MR) is 102 cm³/mol. The molecule has 2 heterocycles. The van der Waals surface area contributed by atoms with E-state index < -0.39 is 5.92 Å². The van der Waals surface area contributed by atoms with Gasteiger partial charge in [-0.25, -0.2) is 4.90 Å². The Kier molecular flexibility index (Phi) is 3.19. The molecule has 3 aromatic carbocycles. The lowest BCUT2D eigenvalue weighted by atomic mass is 9.97. The fourth-order valence-electron chi connectivity index (χ4n) is 3.84. The molecule has 1 N–H and O–H groups in total. The third kappa shape index (κ3) is 2.15. The molecule has 1 unspecified atom stereocenters. The fourth-order valence-corrected chi connectivity index (χ4v) is 3.84. The van der Waals surface area contributed by atoms with Gasteiger partial charge in [-0.2, -0.15) is 0 Å². The number of amides is 2. The Balaban J connectivity index is 1.56. The molecule has 0 saturated carbocycles. The van der Waals surface area contributed by atoms with Crippen LogP contribution in [0.15, 0.2) is 72.9 Å². The Bertz CT molecular complexity index is 1170. The number of carbonyl (C=O) groups is 2. The zero-order valence-corrected chi connectivity index (χ0v) is 14.0. The number of anilines is 1. The Hall–Kier alpha value is -3.40. The highest BCUT2D eigenvalue weighted by Gasteiger charge is 2.41. The van der Waals surface area contributed by atoms with Crippen LogP contribution in [-0.4, -0.2) is 16.8 Å². The number of hydrogen-bond acceptors (Lipinski definition) is 2. The zero-order chi connectivity index (χ0) is 17.7. The summed E-state index contributed by atoms with van der Waals surface area (Å²) in [7, 11) is 0. The van der Waals surface area contributed by atoms with E-state index in [-0.39, 0.29) is 18.2 Å². The predicted octanol–water partition coefficient (Wildman–Crippen LogP) is 4.37. The van der Waals surface area contributed by atoms with Gasteiger partial charge < -0.3 is 4.98 Å². The van der Waals surface area contributed by atoms with Crippen molar-refractivity contribution in [3.05, 3.63) is 78.5 Å². The topological polar surface area (TPSA) is 53.2 Å². The van der Waals surface area contributed by atoms with Crippen LogP contribution in [0.4, 0.5) is 5.69 Å². The molecule has 2 amide bonds. The number of hydrogen-bond donors (Lipinski definition) is 1. The third-order valence-corrected chi connectivity index (χ3v) is 5.13. The van der Waals surface area contributed by atoms with Crippen molar-refractivity contribution in [3.8, 4) is 0 Å². The summed E-state index contributed by atoms with van der Waals surface area (Å²) in [4.78, 5) is 30.3. The molecule has 5 rings (SSSR count). The number of carbonyl (C=O) groups excluding carboxylic acids is 2. The van der Waals surface area contributed by atoms with E-state index in [2.05, 4.69) is 4.98 Å². The van der Waals surface area contributed by atoms with Crippen molar-refractivity contribution in [2.45, 2.75) is 12.3 Å². The number of aromatic amines is 1. The van der Waals surface area contributed by atoms with Gasteiger partial charge in [0.25, 0.3) is 0 Å². The zero-order valence-electron chi connectivity index (χ0n) is 14.0. The molecule has 1 fully saturated rings. The number of nitrogens with one attached hydrogen (secondary N) is 1. The molecule has 0 aliphatic carbocycles. The van der Waals surface area contributed by atoms with Gasteiger partial charge in [-0.15, -0.1) is 0 Å². The second kappa shape index (κ2) is 5.56. The van der Waals surface area contributed by atoms with E-state index in [9.17, 15) is 9.59 Å². The van der Waals surface area contributed by atoms with Crippen LogP contribution >= 0.6 is 0 Å². The molecular weight excluding hydrogens is 324 g/mol. The molecule has 126 valence electrons. The van der Waals surface area contributed by atoms with Crippen LogP contribution < -0.4 is 4.90 Å². The highest BCUT2D eigenvalue weighted by molar-refractivity contribution is 6.23. The summed E-state index contributed by atoms with van der Waals surface area (Å²) in [6.45, 7) is 0. The Morgan fingerprint density at radius 1 is 0.885 bits per heavy atom. The van der Waals surface area contributed by atoms with Crippen molar-refractivity contribution in [1.29, 1.82) is 0 Å². The maximum atomic E-state index is 13.1. The summed E-state index contributed by atoms with van der Waals surface area (Å²) in [6.07, 6.45) is 2.05. The van der Waals surface area contributed by atoms with E-state index in [1.165, 1.54) is 4.90 Å². The third-order valence-electron chi connectivity index (χ3n) is 5.13. The minimum absolute atomic E-state index is 0.152. The summed E-state index contributed by atoms with van der Waals surface area (Å²) in [5.74, 6) is -0.749. The lowest BCUT2D eigenvalue weighted by molar-refractivity contribution is -0.121. The standard InChI is InChI=1S/C22H16N2O2/c25-21-12-18(19-13-23-20-8-4-3-7-17(19)20)22(26)24(21)16-10-9-14-5-1-2-6-15(14)11-16/h1-11,13,18,23H,12H2. The summed E-state index contributed by atoms with van der Waals surface area (Å²) in [5.41, 5.74) is 2.51. The Morgan fingerprint density at radius 2 is 1.65 bits per heavy atom. The van der Waals surface area contributed by atoms with Crippen molar-refractivity contribution in [1.82, 2.24) is 4.98 Å². The molecular formula is C22H16N2O2. The lowest BCUT2D eigenvalue weighted by Gasteiger charge is -2.15. The number of para-hydroxylation sites is 1. The minimum atomic E-state index is -0.440. The summed E-state index contributed by atoms with van der Waals surface area (Å²) >= 11 is 0. The molecule has 26 heavy (non-hydrogen) atoms. The van der Waals surface area contributed by atoms with E-state index in [1.54, 1.807) is 0 Å². The SMILES string of the molecule is O=C1CC(c2c[nH]c3ccccc23)C(=O)N1c1ccc2ccccc2c1. The van der Waals surface area contributed by atoms with Gasteiger partial charge in [0, 0.05) is 23.5 Å². The van der Waals surface area contributed by atoms with Crippen LogP contribution in [0.1, 0.15) is 17.9 Å². The molecule has 1 aliphatic heterocycles. The van der Waals surface area contributed by atoms with Crippen molar-refractivity contribution < 1.29 is 9.59 Å². The number of benzene rings is 3. The molecule has 4 heteroatoms. The summed E-state index contributed by atoms with van der Waals surface area (Å²) in [6, 6.07) is 21.5. The van der Waals surface area contributed by atoms with Crippen LogP contribution in [0.25, 0.3) is 21.7 Å². The van der Waals surface area contributed by atoms with E-state index in [1.807, 2.05) is 72.9 Å². The average molecular weight is 340 g/mol. The first-order chi connectivity index (χ1) is 12.7. The van der Waals surface area contributed by atoms with Crippen LogP contribution in [0, 0.1) is 0 Å². The summed E-state index contributed by atoms with van der Waals surface area (Å²) < 4.78 is 0. The van der Waals surface area contributed by atoms with Gasteiger partial charge in [-0.05, 0) is 34.5 Å². The van der Waals surface area contributed by atoms with Crippen LogP contribution in [0.2, 0.25) is 0 Å². The molecule has 1 saturated heterocycles. The van der Waals surface area contributed by atoms with E-state index in [0.29, 0.717) is 5.69 Å². The number of nitrogens with zero attached hydrogens (tertiary/aromatic N) is 1. The average Bonchev–Trinajstić information content (AvgIpc) is 3.22. The number of rotatable bonds is 2.